The molecule has 0 spiro atoms. The molecule has 0 aliphatic carbocycles. The van der Waals surface area contributed by atoms with Gasteiger partial charge in [-0.3, -0.25) is 4.79 Å². The number of likely N-dealkylation sites (tertiary alicyclic amines) is 1. The second-order valence-corrected chi connectivity index (χ2v) is 6.37. The summed E-state index contributed by atoms with van der Waals surface area (Å²) >= 11 is 0. The molecule has 110 valence electrons. The van der Waals surface area contributed by atoms with Gasteiger partial charge < -0.3 is 10.2 Å². The Morgan fingerprint density at radius 2 is 1.80 bits per heavy atom. The summed E-state index contributed by atoms with van der Waals surface area (Å²) in [6, 6.07) is 7.95. The zero-order valence-corrected chi connectivity index (χ0v) is 12.9. The van der Waals surface area contributed by atoms with Crippen molar-refractivity contribution in [3.8, 4) is 0 Å². The fourth-order valence-corrected chi connectivity index (χ4v) is 3.09. The Hall–Kier alpha value is -1.35. The van der Waals surface area contributed by atoms with E-state index in [-0.39, 0.29) is 5.91 Å². The van der Waals surface area contributed by atoms with Crippen molar-refractivity contribution in [2.24, 2.45) is 11.8 Å². The van der Waals surface area contributed by atoms with Crippen LogP contribution in [-0.2, 0) is 4.79 Å². The van der Waals surface area contributed by atoms with Crippen LogP contribution < -0.4 is 5.32 Å². The quantitative estimate of drug-likeness (QED) is 0.913. The van der Waals surface area contributed by atoms with Gasteiger partial charge in [-0.1, -0.05) is 31.5 Å². The molecule has 1 heterocycles. The molecule has 3 heteroatoms. The number of nitrogens with one attached hydrogen (secondary N) is 1. The summed E-state index contributed by atoms with van der Waals surface area (Å²) in [5.41, 5.74) is 2.10. The number of aryl methyl sites for hydroxylation is 1. The first-order valence-electron chi connectivity index (χ1n) is 7.62. The Bertz CT molecular complexity index is 431. The molecule has 0 saturated carbocycles. The Balaban J connectivity index is 1.76. The minimum atomic E-state index is 0.111. The van der Waals surface area contributed by atoms with E-state index in [1.165, 1.54) is 12.0 Å². The molecule has 1 aromatic carbocycles. The van der Waals surface area contributed by atoms with Gasteiger partial charge in [-0.2, -0.15) is 0 Å². The second kappa shape index (κ2) is 6.89. The zero-order chi connectivity index (χ0) is 14.5. The Morgan fingerprint density at radius 3 is 2.40 bits per heavy atom. The van der Waals surface area contributed by atoms with E-state index in [1.807, 2.05) is 31.2 Å². The first kappa shape index (κ1) is 15.0. The molecule has 0 radical (unpaired) electrons. The Kier molecular flexibility index (Phi) is 5.18. The third-order valence-electron chi connectivity index (χ3n) is 3.93. The van der Waals surface area contributed by atoms with Crippen LogP contribution in [0, 0.1) is 18.8 Å². The van der Waals surface area contributed by atoms with Crippen molar-refractivity contribution in [1.82, 2.24) is 4.90 Å². The summed E-state index contributed by atoms with van der Waals surface area (Å²) in [5, 5.41) is 2.97. The average molecular weight is 274 g/mol. The van der Waals surface area contributed by atoms with E-state index < -0.39 is 0 Å². The van der Waals surface area contributed by atoms with Gasteiger partial charge in [0.2, 0.25) is 5.91 Å². The molecule has 0 aromatic heterocycles. The summed E-state index contributed by atoms with van der Waals surface area (Å²) in [6.07, 6.45) is 1.89. The second-order valence-electron chi connectivity index (χ2n) is 6.37. The summed E-state index contributed by atoms with van der Waals surface area (Å²) in [4.78, 5) is 14.4. The molecule has 1 N–H and O–H groups in total. The molecule has 2 rings (SSSR count). The first-order chi connectivity index (χ1) is 9.52. The normalized spacial score (nSPS) is 23.6. The van der Waals surface area contributed by atoms with Crippen LogP contribution in [0.4, 0.5) is 5.69 Å². The summed E-state index contributed by atoms with van der Waals surface area (Å²) < 4.78 is 0. The van der Waals surface area contributed by atoms with E-state index in [0.717, 1.165) is 37.2 Å². The largest absolute Gasteiger partial charge is 0.326 e. The van der Waals surface area contributed by atoms with E-state index in [0.29, 0.717) is 6.42 Å². The van der Waals surface area contributed by atoms with E-state index in [1.54, 1.807) is 0 Å². The maximum atomic E-state index is 12.0. The maximum Gasteiger partial charge on any atom is 0.225 e. The third kappa shape index (κ3) is 4.64. The van der Waals surface area contributed by atoms with Crippen LogP contribution in [0.25, 0.3) is 0 Å². The van der Waals surface area contributed by atoms with E-state index in [9.17, 15) is 4.79 Å². The highest BCUT2D eigenvalue weighted by Crippen LogP contribution is 2.20. The topological polar surface area (TPSA) is 32.3 Å². The summed E-state index contributed by atoms with van der Waals surface area (Å²) in [7, 11) is 0. The lowest BCUT2D eigenvalue weighted by Crippen LogP contribution is -2.40. The Labute approximate surface area is 122 Å². The van der Waals surface area contributed by atoms with Crippen LogP contribution in [0.5, 0.6) is 0 Å². The molecule has 20 heavy (non-hydrogen) atoms. The van der Waals surface area contributed by atoms with Crippen LogP contribution in [0.3, 0.4) is 0 Å². The lowest BCUT2D eigenvalue weighted by atomic mass is 9.92. The number of nitrogens with zero attached hydrogens (tertiary/aromatic N) is 1. The predicted octanol–water partition coefficient (Wildman–Crippen LogP) is 3.30. The number of carbonyl (C=O) groups is 1. The zero-order valence-electron chi connectivity index (χ0n) is 12.9. The van der Waals surface area contributed by atoms with Crippen LogP contribution in [0.15, 0.2) is 24.3 Å². The molecule has 2 atom stereocenters. The van der Waals surface area contributed by atoms with E-state index in [4.69, 9.17) is 0 Å². The van der Waals surface area contributed by atoms with Crippen molar-refractivity contribution >= 4 is 11.6 Å². The van der Waals surface area contributed by atoms with Crippen molar-refractivity contribution in [3.63, 3.8) is 0 Å². The standard InChI is InChI=1S/C17H26N2O/c1-13-4-6-16(7-5-13)18-17(20)8-9-19-11-14(2)10-15(3)12-19/h4-7,14-15H,8-12H2,1-3H3,(H,18,20)/t14-,15+. The molecule has 0 unspecified atom stereocenters. The monoisotopic (exact) mass is 274 g/mol. The molecule has 1 saturated heterocycles. The maximum absolute atomic E-state index is 12.0. The van der Waals surface area contributed by atoms with Gasteiger partial charge in [-0.25, -0.2) is 0 Å². The van der Waals surface area contributed by atoms with Crippen LogP contribution in [0.1, 0.15) is 32.3 Å². The number of hydrogen-bond acceptors (Lipinski definition) is 2. The van der Waals surface area contributed by atoms with Crippen molar-refractivity contribution in [2.75, 3.05) is 25.0 Å². The van der Waals surface area contributed by atoms with Gasteiger partial charge >= 0.3 is 0 Å². The van der Waals surface area contributed by atoms with Crippen LogP contribution >= 0.6 is 0 Å². The van der Waals surface area contributed by atoms with Crippen molar-refractivity contribution in [2.45, 2.75) is 33.6 Å². The molecule has 1 amide bonds. The molecule has 1 aliphatic heterocycles. The van der Waals surface area contributed by atoms with Gasteiger partial charge in [-0.05, 0) is 37.3 Å². The van der Waals surface area contributed by atoms with Gasteiger partial charge in [-0.15, -0.1) is 0 Å². The third-order valence-corrected chi connectivity index (χ3v) is 3.93. The minimum Gasteiger partial charge on any atom is -0.326 e. The number of rotatable bonds is 4. The highest BCUT2D eigenvalue weighted by atomic mass is 16.1. The van der Waals surface area contributed by atoms with Crippen molar-refractivity contribution in [3.05, 3.63) is 29.8 Å². The van der Waals surface area contributed by atoms with Crippen molar-refractivity contribution < 1.29 is 4.79 Å². The van der Waals surface area contributed by atoms with Crippen LogP contribution in [0.2, 0.25) is 0 Å². The summed E-state index contributed by atoms with van der Waals surface area (Å²) in [6.45, 7) is 9.77. The van der Waals surface area contributed by atoms with Crippen molar-refractivity contribution in [1.29, 1.82) is 0 Å². The number of carbonyl (C=O) groups excluding carboxylic acids is 1. The van der Waals surface area contributed by atoms with Gasteiger partial charge in [0.05, 0.1) is 0 Å². The van der Waals surface area contributed by atoms with Crippen LogP contribution in [-0.4, -0.2) is 30.4 Å². The van der Waals surface area contributed by atoms with E-state index >= 15 is 0 Å². The van der Waals surface area contributed by atoms with Gasteiger partial charge in [0.25, 0.3) is 0 Å². The first-order valence-corrected chi connectivity index (χ1v) is 7.62. The molecule has 1 fully saturated rings. The number of benzene rings is 1. The summed E-state index contributed by atoms with van der Waals surface area (Å²) in [5.74, 6) is 1.61. The lowest BCUT2D eigenvalue weighted by molar-refractivity contribution is -0.116. The molecule has 0 bridgehead atoms. The lowest BCUT2D eigenvalue weighted by Gasteiger charge is -2.34. The SMILES string of the molecule is Cc1ccc(NC(=O)CCN2C[C@H](C)C[C@H](C)C2)cc1. The number of anilines is 1. The molecule has 3 nitrogen and oxygen atoms in total. The average Bonchev–Trinajstić information content (AvgIpc) is 2.38. The molecule has 1 aliphatic rings. The Morgan fingerprint density at radius 1 is 1.20 bits per heavy atom. The number of hydrogen-bond donors (Lipinski definition) is 1. The van der Waals surface area contributed by atoms with Gasteiger partial charge in [0.15, 0.2) is 0 Å². The molecular formula is C17H26N2O. The van der Waals surface area contributed by atoms with Gasteiger partial charge in [0.1, 0.15) is 0 Å². The highest BCUT2D eigenvalue weighted by molar-refractivity contribution is 5.90. The number of amides is 1. The number of piperidine rings is 1. The van der Waals surface area contributed by atoms with Gasteiger partial charge in [0, 0.05) is 31.7 Å². The predicted molar refractivity (Wildman–Crippen MR) is 83.8 cm³/mol. The molecule has 1 aromatic rings. The minimum absolute atomic E-state index is 0.111. The smallest absolute Gasteiger partial charge is 0.225 e. The fraction of sp³-hybridized carbons (Fsp3) is 0.588. The highest BCUT2D eigenvalue weighted by Gasteiger charge is 2.21. The fourth-order valence-electron chi connectivity index (χ4n) is 3.09. The van der Waals surface area contributed by atoms with E-state index in [2.05, 4.69) is 24.1 Å². The molecular weight excluding hydrogens is 248 g/mol.